The Hall–Kier alpha value is -2.67. The summed E-state index contributed by atoms with van der Waals surface area (Å²) in [4.78, 5) is 39.3. The summed E-state index contributed by atoms with van der Waals surface area (Å²) in [6, 6.07) is 5.83. The van der Waals surface area contributed by atoms with Gasteiger partial charge in [0, 0.05) is 30.9 Å². The third-order valence-corrected chi connectivity index (χ3v) is 3.80. The SMILES string of the molecule is CC(C)[C@@H](C(N)=O)N(C)C(=O)c1ccc(NC(=O)/C=C/CN(C)C)cc1. The van der Waals surface area contributed by atoms with E-state index in [9.17, 15) is 14.4 Å². The van der Waals surface area contributed by atoms with E-state index >= 15 is 0 Å². The van der Waals surface area contributed by atoms with E-state index in [0.29, 0.717) is 17.8 Å². The minimum absolute atomic E-state index is 0.0889. The van der Waals surface area contributed by atoms with Crippen LogP contribution in [-0.2, 0) is 9.59 Å². The highest BCUT2D eigenvalue weighted by atomic mass is 16.2. The lowest BCUT2D eigenvalue weighted by atomic mass is 10.0. The molecule has 7 heteroatoms. The number of carbonyl (C=O) groups is 3. The first kappa shape index (κ1) is 21.4. The van der Waals surface area contributed by atoms with Gasteiger partial charge < -0.3 is 20.9 Å². The summed E-state index contributed by atoms with van der Waals surface area (Å²) < 4.78 is 0. The quantitative estimate of drug-likeness (QED) is 0.684. The molecule has 0 saturated carbocycles. The molecule has 0 saturated heterocycles. The van der Waals surface area contributed by atoms with Gasteiger partial charge in [0.05, 0.1) is 0 Å². The standard InChI is InChI=1S/C19H28N4O3/c1-13(2)17(18(20)25)23(5)19(26)14-8-10-15(11-9-14)21-16(24)7-6-12-22(3)4/h6-11,13,17H,12H2,1-5H3,(H2,20,25)(H,21,24)/b7-6+/t17-/m0/s1. The Labute approximate surface area is 154 Å². The molecule has 0 aliphatic heterocycles. The van der Waals surface area contributed by atoms with Crippen molar-refractivity contribution in [2.75, 3.05) is 33.0 Å². The molecule has 3 N–H and O–H groups in total. The van der Waals surface area contributed by atoms with Crippen LogP contribution in [0.15, 0.2) is 36.4 Å². The zero-order chi connectivity index (χ0) is 19.9. The molecule has 0 unspecified atom stereocenters. The fraction of sp³-hybridized carbons (Fsp3) is 0.421. The molecule has 1 aromatic carbocycles. The smallest absolute Gasteiger partial charge is 0.254 e. The van der Waals surface area contributed by atoms with Crippen molar-refractivity contribution in [3.05, 3.63) is 42.0 Å². The number of hydrogen-bond donors (Lipinski definition) is 2. The van der Waals surface area contributed by atoms with Gasteiger partial charge in [0.15, 0.2) is 0 Å². The molecule has 0 fully saturated rings. The van der Waals surface area contributed by atoms with Gasteiger partial charge in [-0.25, -0.2) is 0 Å². The molecule has 7 nitrogen and oxygen atoms in total. The molecule has 0 spiro atoms. The summed E-state index contributed by atoms with van der Waals surface area (Å²) >= 11 is 0. The minimum atomic E-state index is -0.677. The van der Waals surface area contributed by atoms with Crippen LogP contribution in [-0.4, -0.2) is 61.3 Å². The van der Waals surface area contributed by atoms with Crippen molar-refractivity contribution in [1.29, 1.82) is 0 Å². The Kier molecular flexibility index (Phi) is 7.99. The molecular weight excluding hydrogens is 332 g/mol. The van der Waals surface area contributed by atoms with E-state index in [4.69, 9.17) is 5.73 Å². The van der Waals surface area contributed by atoms with Crippen LogP contribution in [0.25, 0.3) is 0 Å². The van der Waals surface area contributed by atoms with Crippen LogP contribution in [0.4, 0.5) is 5.69 Å². The van der Waals surface area contributed by atoms with Gasteiger partial charge >= 0.3 is 0 Å². The molecule has 0 heterocycles. The zero-order valence-electron chi connectivity index (χ0n) is 16.0. The molecule has 3 amide bonds. The van der Waals surface area contributed by atoms with E-state index in [1.165, 1.54) is 11.0 Å². The van der Waals surface area contributed by atoms with Crippen molar-refractivity contribution < 1.29 is 14.4 Å². The molecule has 1 aromatic rings. The fourth-order valence-corrected chi connectivity index (χ4v) is 2.55. The van der Waals surface area contributed by atoms with E-state index in [-0.39, 0.29) is 17.7 Å². The summed E-state index contributed by atoms with van der Waals surface area (Å²) in [5, 5.41) is 2.73. The van der Waals surface area contributed by atoms with Crippen LogP contribution >= 0.6 is 0 Å². The largest absolute Gasteiger partial charge is 0.368 e. The fourth-order valence-electron chi connectivity index (χ4n) is 2.55. The van der Waals surface area contributed by atoms with E-state index in [2.05, 4.69) is 5.32 Å². The van der Waals surface area contributed by atoms with Crippen molar-refractivity contribution in [2.45, 2.75) is 19.9 Å². The molecule has 142 valence electrons. The van der Waals surface area contributed by atoms with Gasteiger partial charge in [0.25, 0.3) is 5.91 Å². The molecule has 1 atom stereocenters. The number of nitrogens with zero attached hydrogens (tertiary/aromatic N) is 2. The maximum atomic E-state index is 12.5. The van der Waals surface area contributed by atoms with Gasteiger partial charge in [-0.05, 0) is 44.3 Å². The molecule has 0 radical (unpaired) electrons. The van der Waals surface area contributed by atoms with E-state index in [1.807, 2.05) is 32.8 Å². The highest BCUT2D eigenvalue weighted by Gasteiger charge is 2.28. The number of anilines is 1. The summed E-state index contributed by atoms with van der Waals surface area (Å²) in [7, 11) is 5.39. The van der Waals surface area contributed by atoms with E-state index in [1.54, 1.807) is 37.4 Å². The lowest BCUT2D eigenvalue weighted by molar-refractivity contribution is -0.123. The van der Waals surface area contributed by atoms with Crippen LogP contribution in [0.5, 0.6) is 0 Å². The molecule has 0 aliphatic rings. The summed E-state index contributed by atoms with van der Waals surface area (Å²) in [6.45, 7) is 4.34. The highest BCUT2D eigenvalue weighted by Crippen LogP contribution is 2.15. The first-order valence-corrected chi connectivity index (χ1v) is 8.42. The molecule has 26 heavy (non-hydrogen) atoms. The first-order valence-electron chi connectivity index (χ1n) is 8.42. The van der Waals surface area contributed by atoms with Crippen molar-refractivity contribution in [3.63, 3.8) is 0 Å². The maximum absolute atomic E-state index is 12.5. The highest BCUT2D eigenvalue weighted by molar-refractivity contribution is 6.00. The van der Waals surface area contributed by atoms with Crippen molar-refractivity contribution in [1.82, 2.24) is 9.80 Å². The average Bonchev–Trinajstić information content (AvgIpc) is 2.53. The Morgan fingerprint density at radius 3 is 2.15 bits per heavy atom. The second-order valence-corrected chi connectivity index (χ2v) is 6.74. The Morgan fingerprint density at radius 2 is 1.69 bits per heavy atom. The summed E-state index contributed by atoms with van der Waals surface area (Å²) in [5.41, 5.74) is 6.40. The number of benzene rings is 1. The second-order valence-electron chi connectivity index (χ2n) is 6.74. The normalized spacial score (nSPS) is 12.4. The number of nitrogens with one attached hydrogen (secondary N) is 1. The number of likely N-dealkylation sites (N-methyl/N-ethyl adjacent to an activating group) is 2. The maximum Gasteiger partial charge on any atom is 0.254 e. The predicted molar refractivity (Wildman–Crippen MR) is 103 cm³/mol. The number of carbonyl (C=O) groups excluding carboxylic acids is 3. The number of nitrogens with two attached hydrogens (primary N) is 1. The number of rotatable bonds is 8. The first-order chi connectivity index (χ1) is 12.1. The monoisotopic (exact) mass is 360 g/mol. The van der Waals surface area contributed by atoms with Crippen LogP contribution < -0.4 is 11.1 Å². The van der Waals surface area contributed by atoms with Crippen molar-refractivity contribution in [3.8, 4) is 0 Å². The Morgan fingerprint density at radius 1 is 1.12 bits per heavy atom. The third kappa shape index (κ3) is 6.33. The number of primary amides is 1. The van der Waals surface area contributed by atoms with Gasteiger partial charge in [-0.15, -0.1) is 0 Å². The third-order valence-electron chi connectivity index (χ3n) is 3.80. The Bertz CT molecular complexity index is 666. The summed E-state index contributed by atoms with van der Waals surface area (Å²) in [6.07, 6.45) is 3.23. The van der Waals surface area contributed by atoms with Gasteiger partial charge in [-0.2, -0.15) is 0 Å². The lowest BCUT2D eigenvalue weighted by Gasteiger charge is -2.28. The molecule has 0 aromatic heterocycles. The van der Waals surface area contributed by atoms with Gasteiger partial charge in [0.1, 0.15) is 6.04 Å². The van der Waals surface area contributed by atoms with Crippen molar-refractivity contribution in [2.24, 2.45) is 11.7 Å². The Balaban J connectivity index is 2.77. The van der Waals surface area contributed by atoms with Gasteiger partial charge in [-0.3, -0.25) is 14.4 Å². The van der Waals surface area contributed by atoms with Crippen molar-refractivity contribution >= 4 is 23.4 Å². The summed E-state index contributed by atoms with van der Waals surface area (Å²) in [5.74, 6) is -1.17. The average molecular weight is 360 g/mol. The topological polar surface area (TPSA) is 95.7 Å². The zero-order valence-corrected chi connectivity index (χ0v) is 16.0. The lowest BCUT2D eigenvalue weighted by Crippen LogP contribution is -2.48. The van der Waals surface area contributed by atoms with E-state index < -0.39 is 11.9 Å². The molecule has 0 aliphatic carbocycles. The number of hydrogen-bond acceptors (Lipinski definition) is 4. The van der Waals surface area contributed by atoms with Crippen LogP contribution in [0, 0.1) is 5.92 Å². The van der Waals surface area contributed by atoms with Crippen LogP contribution in [0.3, 0.4) is 0 Å². The van der Waals surface area contributed by atoms with Gasteiger partial charge in [0.2, 0.25) is 11.8 Å². The minimum Gasteiger partial charge on any atom is -0.368 e. The molecule has 0 bridgehead atoms. The molecule has 1 rings (SSSR count). The second kappa shape index (κ2) is 9.72. The van der Waals surface area contributed by atoms with Crippen LogP contribution in [0.2, 0.25) is 0 Å². The van der Waals surface area contributed by atoms with Gasteiger partial charge in [-0.1, -0.05) is 19.9 Å². The van der Waals surface area contributed by atoms with Crippen LogP contribution in [0.1, 0.15) is 24.2 Å². The van der Waals surface area contributed by atoms with E-state index in [0.717, 1.165) is 0 Å². The molecular formula is C19H28N4O3. The predicted octanol–water partition coefficient (Wildman–Crippen LogP) is 1.32. The number of amides is 3.